The lowest BCUT2D eigenvalue weighted by molar-refractivity contribution is -0.126. The molecule has 3 rings (SSSR count). The maximum absolute atomic E-state index is 12.5. The zero-order valence-electron chi connectivity index (χ0n) is 16.1. The molecule has 0 N–H and O–H groups in total. The Kier molecular flexibility index (Phi) is 5.61. The fourth-order valence-corrected chi connectivity index (χ4v) is 6.19. The molecule has 0 spiro atoms. The van der Waals surface area contributed by atoms with Gasteiger partial charge in [0.25, 0.3) is 0 Å². The fraction of sp³-hybridized carbons (Fsp3) is 0.650. The predicted octanol–water partition coefficient (Wildman–Crippen LogP) is 3.27. The van der Waals surface area contributed by atoms with Crippen LogP contribution in [-0.2, 0) is 14.6 Å². The number of rotatable bonds is 4. The van der Waals surface area contributed by atoms with Gasteiger partial charge in [-0.2, -0.15) is 0 Å². The van der Waals surface area contributed by atoms with Crippen molar-refractivity contribution in [3.63, 3.8) is 0 Å². The fourth-order valence-electron chi connectivity index (χ4n) is 4.41. The van der Waals surface area contributed by atoms with Gasteiger partial charge in [-0.1, -0.05) is 19.3 Å². The lowest BCUT2D eigenvalue weighted by atomic mass is 9.95. The molecule has 1 aromatic rings. The lowest BCUT2D eigenvalue weighted by Gasteiger charge is -2.26. The van der Waals surface area contributed by atoms with E-state index >= 15 is 0 Å². The molecule has 1 aromatic heterocycles. The van der Waals surface area contributed by atoms with Gasteiger partial charge >= 0.3 is 0 Å². The van der Waals surface area contributed by atoms with Crippen LogP contribution in [-0.4, -0.2) is 48.4 Å². The molecule has 2 heterocycles. The molecule has 0 radical (unpaired) electrons. The van der Waals surface area contributed by atoms with Crippen molar-refractivity contribution in [1.82, 2.24) is 9.47 Å². The molecule has 5 nitrogen and oxygen atoms in total. The Morgan fingerprint density at radius 1 is 1.19 bits per heavy atom. The number of hydrogen-bond acceptors (Lipinski definition) is 3. The maximum Gasteiger partial charge on any atom is 0.246 e. The number of likely N-dealkylation sites (N-methyl/N-ethyl adjacent to an activating group) is 1. The third-order valence-electron chi connectivity index (χ3n) is 5.97. The third-order valence-corrected chi connectivity index (χ3v) is 7.72. The van der Waals surface area contributed by atoms with E-state index in [9.17, 15) is 13.2 Å². The highest BCUT2D eigenvalue weighted by Gasteiger charge is 2.32. The van der Waals surface area contributed by atoms with Crippen molar-refractivity contribution in [2.75, 3.05) is 18.6 Å². The van der Waals surface area contributed by atoms with Crippen LogP contribution in [0.3, 0.4) is 0 Å². The van der Waals surface area contributed by atoms with E-state index < -0.39 is 9.84 Å². The number of amides is 1. The Bertz CT molecular complexity index is 801. The van der Waals surface area contributed by atoms with Gasteiger partial charge < -0.3 is 9.47 Å². The Hall–Kier alpha value is -1.56. The molecule has 1 amide bonds. The van der Waals surface area contributed by atoms with Gasteiger partial charge in [0.1, 0.15) is 0 Å². The van der Waals surface area contributed by atoms with Crippen LogP contribution in [0, 0.1) is 13.8 Å². The maximum atomic E-state index is 12.5. The summed E-state index contributed by atoms with van der Waals surface area (Å²) in [5.74, 6) is 0.135. The van der Waals surface area contributed by atoms with Gasteiger partial charge in [0.15, 0.2) is 9.84 Å². The second-order valence-electron chi connectivity index (χ2n) is 7.83. The first-order valence-corrected chi connectivity index (χ1v) is 11.4. The van der Waals surface area contributed by atoms with E-state index in [1.54, 1.807) is 18.0 Å². The molecule has 26 heavy (non-hydrogen) atoms. The molecule has 0 aromatic carbocycles. The van der Waals surface area contributed by atoms with Gasteiger partial charge in [-0.15, -0.1) is 0 Å². The van der Waals surface area contributed by atoms with Gasteiger partial charge in [0, 0.05) is 36.6 Å². The monoisotopic (exact) mass is 378 g/mol. The Morgan fingerprint density at radius 2 is 1.88 bits per heavy atom. The minimum atomic E-state index is -2.98. The van der Waals surface area contributed by atoms with E-state index in [0.29, 0.717) is 12.5 Å². The summed E-state index contributed by atoms with van der Waals surface area (Å²) in [5, 5.41) is 0. The van der Waals surface area contributed by atoms with Crippen LogP contribution in [0.5, 0.6) is 0 Å². The molecule has 2 fully saturated rings. The molecule has 144 valence electrons. The van der Waals surface area contributed by atoms with Crippen LogP contribution in [0.1, 0.15) is 61.5 Å². The third kappa shape index (κ3) is 4.05. The van der Waals surface area contributed by atoms with E-state index in [0.717, 1.165) is 5.56 Å². The summed E-state index contributed by atoms with van der Waals surface area (Å²) in [6.45, 7) is 4.26. The van der Waals surface area contributed by atoms with E-state index in [1.807, 2.05) is 6.08 Å². The van der Waals surface area contributed by atoms with Crippen molar-refractivity contribution < 1.29 is 13.2 Å². The number of carbonyl (C=O) groups excluding carboxylic acids is 1. The summed E-state index contributed by atoms with van der Waals surface area (Å²) in [6.07, 6.45) is 10.4. The molecule has 1 atom stereocenters. The quantitative estimate of drug-likeness (QED) is 0.756. The highest BCUT2D eigenvalue weighted by atomic mass is 32.2. The van der Waals surface area contributed by atoms with Gasteiger partial charge in [-0.05, 0) is 50.8 Å². The van der Waals surface area contributed by atoms with E-state index in [-0.39, 0.29) is 23.5 Å². The van der Waals surface area contributed by atoms with Crippen molar-refractivity contribution in [1.29, 1.82) is 0 Å². The number of nitrogens with zero attached hydrogens (tertiary/aromatic N) is 2. The van der Waals surface area contributed by atoms with E-state index in [4.69, 9.17) is 0 Å². The Balaban J connectivity index is 1.71. The van der Waals surface area contributed by atoms with E-state index in [2.05, 4.69) is 24.5 Å². The van der Waals surface area contributed by atoms with Gasteiger partial charge in [0.2, 0.25) is 5.91 Å². The summed E-state index contributed by atoms with van der Waals surface area (Å²) >= 11 is 0. The average molecular weight is 379 g/mol. The number of carbonyl (C=O) groups is 1. The molecule has 0 bridgehead atoms. The molecule has 1 saturated heterocycles. The first kappa shape index (κ1) is 19.2. The van der Waals surface area contributed by atoms with Crippen LogP contribution in [0.2, 0.25) is 0 Å². The van der Waals surface area contributed by atoms with Crippen LogP contribution in [0.15, 0.2) is 12.1 Å². The second-order valence-corrected chi connectivity index (χ2v) is 10.1. The lowest BCUT2D eigenvalue weighted by Crippen LogP contribution is -2.36. The molecule has 6 heteroatoms. The smallest absolute Gasteiger partial charge is 0.246 e. The number of aromatic nitrogens is 1. The highest BCUT2D eigenvalue weighted by molar-refractivity contribution is 7.91. The second kappa shape index (κ2) is 7.59. The molecular weight excluding hydrogens is 348 g/mol. The van der Waals surface area contributed by atoms with Crippen molar-refractivity contribution in [3.8, 4) is 0 Å². The largest absolute Gasteiger partial charge is 0.346 e. The highest BCUT2D eigenvalue weighted by Crippen LogP contribution is 2.32. The predicted molar refractivity (Wildman–Crippen MR) is 105 cm³/mol. The zero-order valence-corrected chi connectivity index (χ0v) is 16.9. The topological polar surface area (TPSA) is 59.4 Å². The zero-order chi connectivity index (χ0) is 18.9. The van der Waals surface area contributed by atoms with Crippen molar-refractivity contribution in [3.05, 3.63) is 29.1 Å². The summed E-state index contributed by atoms with van der Waals surface area (Å²) in [5.41, 5.74) is 3.54. The summed E-state index contributed by atoms with van der Waals surface area (Å²) < 4.78 is 25.7. The summed E-state index contributed by atoms with van der Waals surface area (Å²) in [4.78, 5) is 14.0. The van der Waals surface area contributed by atoms with Crippen molar-refractivity contribution in [2.24, 2.45) is 0 Å². The average Bonchev–Trinajstić information content (AvgIpc) is 3.11. The first-order valence-electron chi connectivity index (χ1n) is 9.62. The van der Waals surface area contributed by atoms with Gasteiger partial charge in [0.05, 0.1) is 11.5 Å². The Labute approximate surface area is 157 Å². The first-order chi connectivity index (χ1) is 12.3. The SMILES string of the molecule is Cc1cc(/C=C/C(=O)N(C)C2CCS(=O)(=O)C2)c(C)n1C1CCCCC1. The number of hydrogen-bond donors (Lipinski definition) is 0. The minimum absolute atomic E-state index is 0.0826. The summed E-state index contributed by atoms with van der Waals surface area (Å²) in [7, 11) is -1.29. The molecule has 1 saturated carbocycles. The molecule has 2 aliphatic rings. The van der Waals surface area contributed by atoms with Crippen LogP contribution >= 0.6 is 0 Å². The number of sulfone groups is 1. The van der Waals surface area contributed by atoms with Gasteiger partial charge in [-0.25, -0.2) is 8.42 Å². The molecule has 1 aliphatic heterocycles. The summed E-state index contributed by atoms with van der Waals surface area (Å²) in [6, 6.07) is 2.52. The standard InChI is InChI=1S/C20H30N2O3S/c1-15-13-17(16(2)22(15)18-7-5-4-6-8-18)9-10-20(23)21(3)19-11-12-26(24,25)14-19/h9-10,13,18-19H,4-8,11-12,14H2,1-3H3/b10-9+. The van der Waals surface area contributed by atoms with Crippen LogP contribution < -0.4 is 0 Å². The van der Waals surface area contributed by atoms with Gasteiger partial charge in [-0.3, -0.25) is 4.79 Å². The van der Waals surface area contributed by atoms with Crippen LogP contribution in [0.4, 0.5) is 0 Å². The number of aryl methyl sites for hydroxylation is 1. The van der Waals surface area contributed by atoms with Crippen LogP contribution in [0.25, 0.3) is 6.08 Å². The molecule has 1 aliphatic carbocycles. The van der Waals surface area contributed by atoms with Crippen molar-refractivity contribution >= 4 is 21.8 Å². The minimum Gasteiger partial charge on any atom is -0.346 e. The molecular formula is C20H30N2O3S. The van der Waals surface area contributed by atoms with Crippen molar-refractivity contribution in [2.45, 2.75) is 64.5 Å². The Morgan fingerprint density at radius 3 is 2.50 bits per heavy atom. The van der Waals surface area contributed by atoms with E-state index in [1.165, 1.54) is 43.5 Å². The normalized spacial score (nSPS) is 23.6. The molecule has 1 unspecified atom stereocenters.